The maximum atomic E-state index is 12.1. The summed E-state index contributed by atoms with van der Waals surface area (Å²) >= 11 is 0. The standard InChI is InChI=1S/C11H17N3O3S/c1-6-4-7(2)11(8(3)10(6)13)18(16,17)14-5-9(12)15/h4,14H,5,13H2,1-3H3,(H2,12,15). The Kier molecular flexibility index (Phi) is 3.98. The lowest BCUT2D eigenvalue weighted by Gasteiger charge is -2.15. The van der Waals surface area contributed by atoms with Gasteiger partial charge in [0, 0.05) is 5.69 Å². The highest BCUT2D eigenvalue weighted by molar-refractivity contribution is 7.89. The first kappa shape index (κ1) is 14.5. The van der Waals surface area contributed by atoms with Crippen LogP contribution in [0.1, 0.15) is 16.7 Å². The number of amides is 1. The van der Waals surface area contributed by atoms with E-state index in [1.807, 2.05) is 6.92 Å². The number of benzene rings is 1. The highest BCUT2D eigenvalue weighted by Gasteiger charge is 2.22. The lowest BCUT2D eigenvalue weighted by Crippen LogP contribution is -2.34. The normalized spacial score (nSPS) is 11.5. The number of sulfonamides is 1. The van der Waals surface area contributed by atoms with Crippen LogP contribution < -0.4 is 16.2 Å². The first-order valence-electron chi connectivity index (χ1n) is 5.31. The molecule has 6 nitrogen and oxygen atoms in total. The molecule has 0 unspecified atom stereocenters. The van der Waals surface area contributed by atoms with Gasteiger partial charge in [0.05, 0.1) is 11.4 Å². The Morgan fingerprint density at radius 2 is 1.83 bits per heavy atom. The van der Waals surface area contributed by atoms with Gasteiger partial charge >= 0.3 is 0 Å². The quantitative estimate of drug-likeness (QED) is 0.666. The number of nitrogens with two attached hydrogens (primary N) is 2. The zero-order valence-corrected chi connectivity index (χ0v) is 11.4. The summed E-state index contributed by atoms with van der Waals surface area (Å²) in [5.41, 5.74) is 13.0. The summed E-state index contributed by atoms with van der Waals surface area (Å²) < 4.78 is 26.3. The zero-order valence-electron chi connectivity index (χ0n) is 10.6. The molecule has 5 N–H and O–H groups in total. The molecule has 0 fully saturated rings. The predicted octanol–water partition coefficient (Wildman–Crippen LogP) is -0.0423. The molecule has 1 rings (SSSR count). The minimum Gasteiger partial charge on any atom is -0.398 e. The molecule has 0 atom stereocenters. The third-order valence-electron chi connectivity index (χ3n) is 2.67. The maximum Gasteiger partial charge on any atom is 0.241 e. The van der Waals surface area contributed by atoms with E-state index >= 15 is 0 Å². The van der Waals surface area contributed by atoms with Crippen LogP contribution in [0.4, 0.5) is 5.69 Å². The number of hydrogen-bond acceptors (Lipinski definition) is 4. The predicted molar refractivity (Wildman–Crippen MR) is 69.4 cm³/mol. The van der Waals surface area contributed by atoms with E-state index < -0.39 is 22.5 Å². The molecule has 0 aliphatic heterocycles. The first-order valence-corrected chi connectivity index (χ1v) is 6.79. The van der Waals surface area contributed by atoms with E-state index in [2.05, 4.69) is 4.72 Å². The molecular weight excluding hydrogens is 254 g/mol. The van der Waals surface area contributed by atoms with Crippen molar-refractivity contribution in [2.24, 2.45) is 5.73 Å². The molecule has 1 amide bonds. The molecule has 0 bridgehead atoms. The number of nitrogen functional groups attached to an aromatic ring is 1. The van der Waals surface area contributed by atoms with Gasteiger partial charge in [-0.2, -0.15) is 0 Å². The first-order chi connectivity index (χ1) is 8.16. The largest absolute Gasteiger partial charge is 0.398 e. The second kappa shape index (κ2) is 4.95. The highest BCUT2D eigenvalue weighted by Crippen LogP contribution is 2.27. The molecule has 0 saturated carbocycles. The van der Waals surface area contributed by atoms with Gasteiger partial charge in [-0.05, 0) is 37.5 Å². The van der Waals surface area contributed by atoms with Gasteiger partial charge in [-0.3, -0.25) is 4.79 Å². The van der Waals surface area contributed by atoms with Gasteiger partial charge in [-0.15, -0.1) is 0 Å². The molecule has 0 radical (unpaired) electrons. The molecule has 0 heterocycles. The summed E-state index contributed by atoms with van der Waals surface area (Å²) in [6.45, 7) is 4.68. The summed E-state index contributed by atoms with van der Waals surface area (Å²) in [5.74, 6) is -0.742. The van der Waals surface area contributed by atoms with Crippen LogP contribution in [0, 0.1) is 20.8 Å². The fraction of sp³-hybridized carbons (Fsp3) is 0.364. The maximum absolute atomic E-state index is 12.1. The summed E-state index contributed by atoms with van der Waals surface area (Å²) in [4.78, 5) is 10.7. The minimum absolute atomic E-state index is 0.104. The number of aryl methyl sites for hydroxylation is 2. The van der Waals surface area contributed by atoms with E-state index in [1.54, 1.807) is 19.9 Å². The van der Waals surface area contributed by atoms with Crippen LogP contribution in [0.3, 0.4) is 0 Å². The second-order valence-corrected chi connectivity index (χ2v) is 5.87. The van der Waals surface area contributed by atoms with Crippen LogP contribution in [0.2, 0.25) is 0 Å². The van der Waals surface area contributed by atoms with Crippen LogP contribution >= 0.6 is 0 Å². The Labute approximate surface area is 106 Å². The van der Waals surface area contributed by atoms with Crippen molar-refractivity contribution < 1.29 is 13.2 Å². The van der Waals surface area contributed by atoms with E-state index in [9.17, 15) is 13.2 Å². The lowest BCUT2D eigenvalue weighted by atomic mass is 10.1. The topological polar surface area (TPSA) is 115 Å². The number of carbonyl (C=O) groups is 1. The molecule has 1 aromatic rings. The van der Waals surface area contributed by atoms with Gasteiger partial charge in [0.25, 0.3) is 0 Å². The van der Waals surface area contributed by atoms with Crippen molar-refractivity contribution in [3.8, 4) is 0 Å². The number of nitrogens with one attached hydrogen (secondary N) is 1. The number of rotatable bonds is 4. The Morgan fingerprint density at radius 3 is 2.33 bits per heavy atom. The molecule has 100 valence electrons. The summed E-state index contributed by atoms with van der Waals surface area (Å²) in [7, 11) is -3.79. The zero-order chi connectivity index (χ0) is 14.1. The molecule has 0 aliphatic carbocycles. The summed E-state index contributed by atoms with van der Waals surface area (Å²) in [6.07, 6.45) is 0. The van der Waals surface area contributed by atoms with Gasteiger partial charge in [-0.25, -0.2) is 13.1 Å². The van der Waals surface area contributed by atoms with Crippen molar-refractivity contribution in [1.82, 2.24) is 4.72 Å². The fourth-order valence-electron chi connectivity index (χ4n) is 1.83. The average molecular weight is 271 g/mol. The van der Waals surface area contributed by atoms with Crippen molar-refractivity contribution in [2.45, 2.75) is 25.7 Å². The van der Waals surface area contributed by atoms with Gasteiger partial charge in [0.1, 0.15) is 0 Å². The van der Waals surface area contributed by atoms with Crippen LogP contribution in [-0.4, -0.2) is 20.9 Å². The highest BCUT2D eigenvalue weighted by atomic mass is 32.2. The Bertz CT molecular complexity index is 594. The van der Waals surface area contributed by atoms with Crippen LogP contribution in [0.15, 0.2) is 11.0 Å². The summed E-state index contributed by atoms with van der Waals surface area (Å²) in [6, 6.07) is 1.70. The molecule has 18 heavy (non-hydrogen) atoms. The SMILES string of the molecule is Cc1cc(C)c(S(=O)(=O)NCC(N)=O)c(C)c1N. The molecule has 0 saturated heterocycles. The Morgan fingerprint density at radius 1 is 1.28 bits per heavy atom. The molecule has 0 aromatic heterocycles. The van der Waals surface area contributed by atoms with E-state index in [0.717, 1.165) is 5.56 Å². The third-order valence-corrected chi connectivity index (χ3v) is 4.36. The van der Waals surface area contributed by atoms with E-state index in [0.29, 0.717) is 16.8 Å². The summed E-state index contributed by atoms with van der Waals surface area (Å²) in [5, 5.41) is 0. The van der Waals surface area contributed by atoms with Gasteiger partial charge in [0.2, 0.25) is 15.9 Å². The average Bonchev–Trinajstić information content (AvgIpc) is 2.23. The molecule has 0 spiro atoms. The van der Waals surface area contributed by atoms with Gasteiger partial charge in [-0.1, -0.05) is 6.07 Å². The molecule has 1 aromatic carbocycles. The molecule has 0 aliphatic rings. The fourth-order valence-corrected chi connectivity index (χ4v) is 3.31. The van der Waals surface area contributed by atoms with Crippen molar-refractivity contribution in [1.29, 1.82) is 0 Å². The van der Waals surface area contributed by atoms with E-state index in [1.165, 1.54) is 0 Å². The van der Waals surface area contributed by atoms with Crippen molar-refractivity contribution >= 4 is 21.6 Å². The molecular formula is C11H17N3O3S. The second-order valence-electron chi connectivity index (χ2n) is 4.17. The number of hydrogen-bond donors (Lipinski definition) is 3. The molecule has 7 heteroatoms. The lowest BCUT2D eigenvalue weighted by molar-refractivity contribution is -0.116. The van der Waals surface area contributed by atoms with Crippen molar-refractivity contribution in [2.75, 3.05) is 12.3 Å². The smallest absolute Gasteiger partial charge is 0.241 e. The van der Waals surface area contributed by atoms with Gasteiger partial charge < -0.3 is 11.5 Å². The monoisotopic (exact) mass is 271 g/mol. The van der Waals surface area contributed by atoms with Crippen LogP contribution in [-0.2, 0) is 14.8 Å². The van der Waals surface area contributed by atoms with Crippen molar-refractivity contribution in [3.63, 3.8) is 0 Å². The van der Waals surface area contributed by atoms with Crippen LogP contribution in [0.5, 0.6) is 0 Å². The third kappa shape index (κ3) is 2.80. The number of carbonyl (C=O) groups excluding carboxylic acids is 1. The number of anilines is 1. The van der Waals surface area contributed by atoms with Crippen LogP contribution in [0.25, 0.3) is 0 Å². The minimum atomic E-state index is -3.79. The van der Waals surface area contributed by atoms with E-state index in [-0.39, 0.29) is 4.90 Å². The van der Waals surface area contributed by atoms with E-state index in [4.69, 9.17) is 11.5 Å². The van der Waals surface area contributed by atoms with Crippen molar-refractivity contribution in [3.05, 3.63) is 22.8 Å². The van der Waals surface area contributed by atoms with Gasteiger partial charge in [0.15, 0.2) is 0 Å². The Hall–Kier alpha value is -1.60. The number of primary amides is 1. The Balaban J connectivity index is 3.33.